The van der Waals surface area contributed by atoms with Crippen LogP contribution in [-0.4, -0.2) is 17.6 Å². The summed E-state index contributed by atoms with van der Waals surface area (Å²) < 4.78 is 1.18. The van der Waals surface area contributed by atoms with E-state index in [1.807, 2.05) is 0 Å². The Bertz CT molecular complexity index is 316. The van der Waals surface area contributed by atoms with Crippen LogP contribution in [0, 0.1) is 0 Å². The topological polar surface area (TPSA) is 0 Å². The molecule has 1 aliphatic heterocycles. The van der Waals surface area contributed by atoms with Crippen LogP contribution in [0.15, 0.2) is 24.0 Å². The van der Waals surface area contributed by atoms with Gasteiger partial charge in [0, 0.05) is 12.5 Å². The van der Waals surface area contributed by atoms with Gasteiger partial charge in [0.05, 0.1) is 13.1 Å². The van der Waals surface area contributed by atoms with Gasteiger partial charge in [-0.15, -0.1) is 0 Å². The maximum absolute atomic E-state index is 2.48. The van der Waals surface area contributed by atoms with Crippen molar-refractivity contribution in [2.24, 2.45) is 0 Å². The standard InChI is InChI=1S/C20H38N/c1-4-7-10-11-12-13-18-21(17-9-6-3)19-14-16-20(21)15-8-5-2/h14,16,19H,4-13,15,17-18H2,1-3H3/q+1. The first kappa shape index (κ1) is 18.5. The molecule has 0 amide bonds. The average molecular weight is 293 g/mol. The van der Waals surface area contributed by atoms with Crippen molar-refractivity contribution in [2.45, 2.75) is 91.4 Å². The molecule has 0 saturated carbocycles. The predicted octanol–water partition coefficient (Wildman–Crippen LogP) is 6.57. The lowest BCUT2D eigenvalue weighted by molar-refractivity contribution is -0.841. The van der Waals surface area contributed by atoms with Crippen LogP contribution in [0.1, 0.15) is 91.4 Å². The van der Waals surface area contributed by atoms with Crippen LogP contribution in [-0.2, 0) is 0 Å². The van der Waals surface area contributed by atoms with Gasteiger partial charge in [-0.1, -0.05) is 59.3 Å². The van der Waals surface area contributed by atoms with Gasteiger partial charge in [0.25, 0.3) is 0 Å². The van der Waals surface area contributed by atoms with Gasteiger partial charge < -0.3 is 0 Å². The molecule has 0 spiro atoms. The summed E-state index contributed by atoms with van der Waals surface area (Å²) in [5, 5.41) is 0. The second kappa shape index (κ2) is 11.1. The quantitative estimate of drug-likeness (QED) is 0.266. The van der Waals surface area contributed by atoms with E-state index in [-0.39, 0.29) is 0 Å². The van der Waals surface area contributed by atoms with Crippen molar-refractivity contribution >= 4 is 0 Å². The van der Waals surface area contributed by atoms with Crippen molar-refractivity contribution in [3.63, 3.8) is 0 Å². The highest BCUT2D eigenvalue weighted by Gasteiger charge is 2.31. The molecule has 1 aliphatic rings. The summed E-state index contributed by atoms with van der Waals surface area (Å²) in [7, 11) is 0. The van der Waals surface area contributed by atoms with Crippen LogP contribution < -0.4 is 0 Å². The molecule has 21 heavy (non-hydrogen) atoms. The Morgan fingerprint density at radius 1 is 0.714 bits per heavy atom. The summed E-state index contributed by atoms with van der Waals surface area (Å²) in [5.74, 6) is 0. The minimum Gasteiger partial charge on any atom is -0.268 e. The van der Waals surface area contributed by atoms with Gasteiger partial charge in [0.15, 0.2) is 0 Å². The molecular formula is C20H38N+. The molecule has 0 aromatic rings. The Morgan fingerprint density at radius 3 is 2.05 bits per heavy atom. The zero-order chi connectivity index (χ0) is 15.4. The van der Waals surface area contributed by atoms with Gasteiger partial charge in [0.2, 0.25) is 0 Å². The maximum Gasteiger partial charge on any atom is 0.114 e. The Balaban J connectivity index is 2.46. The number of nitrogens with zero attached hydrogens (tertiary/aromatic N) is 1. The number of rotatable bonds is 13. The van der Waals surface area contributed by atoms with E-state index in [2.05, 4.69) is 39.1 Å². The smallest absolute Gasteiger partial charge is 0.114 e. The van der Waals surface area contributed by atoms with Crippen LogP contribution in [0.3, 0.4) is 0 Å². The number of allylic oxidation sites excluding steroid dienone is 3. The van der Waals surface area contributed by atoms with Crippen molar-refractivity contribution < 1.29 is 4.48 Å². The van der Waals surface area contributed by atoms with E-state index in [4.69, 9.17) is 0 Å². The monoisotopic (exact) mass is 292 g/mol. The van der Waals surface area contributed by atoms with Crippen LogP contribution >= 0.6 is 0 Å². The minimum atomic E-state index is 1.18. The SMILES string of the molecule is CCCCCCCC[N+]1(CCCC)C=CC=C1CCCC. The average Bonchev–Trinajstić information content (AvgIpc) is 2.90. The van der Waals surface area contributed by atoms with E-state index in [1.54, 1.807) is 5.70 Å². The zero-order valence-corrected chi connectivity index (χ0v) is 14.9. The van der Waals surface area contributed by atoms with Crippen molar-refractivity contribution in [1.82, 2.24) is 0 Å². The molecule has 0 aromatic heterocycles. The molecule has 0 bridgehead atoms. The molecule has 122 valence electrons. The Kier molecular flexibility index (Phi) is 9.74. The lowest BCUT2D eigenvalue weighted by Gasteiger charge is -2.34. The fraction of sp³-hybridized carbons (Fsp3) is 0.800. The second-order valence-corrected chi connectivity index (χ2v) is 6.71. The number of hydrogen-bond donors (Lipinski definition) is 0. The lowest BCUT2D eigenvalue weighted by Crippen LogP contribution is -2.42. The highest BCUT2D eigenvalue weighted by molar-refractivity contribution is 5.13. The summed E-state index contributed by atoms with van der Waals surface area (Å²) in [6, 6.07) is 0. The zero-order valence-electron chi connectivity index (χ0n) is 14.9. The van der Waals surface area contributed by atoms with Crippen LogP contribution in [0.5, 0.6) is 0 Å². The Hall–Kier alpha value is -0.560. The van der Waals surface area contributed by atoms with Crippen LogP contribution in [0.4, 0.5) is 0 Å². The first-order valence-electron chi connectivity index (χ1n) is 9.54. The summed E-state index contributed by atoms with van der Waals surface area (Å²) in [6.07, 6.45) is 22.2. The third kappa shape index (κ3) is 6.38. The summed E-state index contributed by atoms with van der Waals surface area (Å²) in [4.78, 5) is 0. The van der Waals surface area contributed by atoms with E-state index < -0.39 is 0 Å². The molecule has 1 unspecified atom stereocenters. The first-order valence-corrected chi connectivity index (χ1v) is 9.54. The van der Waals surface area contributed by atoms with E-state index >= 15 is 0 Å². The second-order valence-electron chi connectivity index (χ2n) is 6.71. The van der Waals surface area contributed by atoms with E-state index in [0.717, 1.165) is 0 Å². The summed E-state index contributed by atoms with van der Waals surface area (Å²) in [5.41, 5.74) is 1.68. The molecule has 0 aliphatic carbocycles. The summed E-state index contributed by atoms with van der Waals surface area (Å²) >= 11 is 0. The summed E-state index contributed by atoms with van der Waals surface area (Å²) in [6.45, 7) is 9.56. The molecule has 0 saturated heterocycles. The first-order chi connectivity index (χ1) is 10.3. The largest absolute Gasteiger partial charge is 0.268 e. The number of hydrogen-bond acceptors (Lipinski definition) is 0. The van der Waals surface area contributed by atoms with Gasteiger partial charge in [-0.25, -0.2) is 0 Å². The van der Waals surface area contributed by atoms with Gasteiger partial charge in [-0.05, 0) is 31.8 Å². The Morgan fingerprint density at radius 2 is 1.33 bits per heavy atom. The third-order valence-corrected chi connectivity index (χ3v) is 4.84. The number of quaternary nitrogens is 1. The fourth-order valence-electron chi connectivity index (χ4n) is 3.39. The van der Waals surface area contributed by atoms with Crippen LogP contribution in [0.2, 0.25) is 0 Å². The van der Waals surface area contributed by atoms with E-state index in [1.165, 1.54) is 88.2 Å². The normalized spacial score (nSPS) is 21.0. The van der Waals surface area contributed by atoms with Gasteiger partial charge in [-0.2, -0.15) is 0 Å². The van der Waals surface area contributed by atoms with Gasteiger partial charge in [0.1, 0.15) is 11.9 Å². The van der Waals surface area contributed by atoms with E-state index in [0.29, 0.717) is 0 Å². The molecule has 0 fully saturated rings. The minimum absolute atomic E-state index is 1.18. The predicted molar refractivity (Wildman–Crippen MR) is 95.0 cm³/mol. The Labute approximate surface area is 133 Å². The van der Waals surface area contributed by atoms with Crippen molar-refractivity contribution in [3.05, 3.63) is 24.0 Å². The molecule has 0 N–H and O–H groups in total. The lowest BCUT2D eigenvalue weighted by atomic mass is 10.1. The highest BCUT2D eigenvalue weighted by Crippen LogP contribution is 2.30. The molecule has 1 nitrogen and oxygen atoms in total. The molecule has 1 heteroatoms. The van der Waals surface area contributed by atoms with Crippen molar-refractivity contribution in [3.8, 4) is 0 Å². The molecular weight excluding hydrogens is 254 g/mol. The van der Waals surface area contributed by atoms with Gasteiger partial charge in [-0.3, -0.25) is 4.48 Å². The molecule has 1 heterocycles. The molecule has 1 atom stereocenters. The molecule has 1 rings (SSSR count). The van der Waals surface area contributed by atoms with Crippen LogP contribution in [0.25, 0.3) is 0 Å². The maximum atomic E-state index is 2.48. The van der Waals surface area contributed by atoms with Crippen molar-refractivity contribution in [1.29, 1.82) is 0 Å². The number of unbranched alkanes of at least 4 members (excludes halogenated alkanes) is 7. The molecule has 0 radical (unpaired) electrons. The fourth-order valence-corrected chi connectivity index (χ4v) is 3.39. The third-order valence-electron chi connectivity index (χ3n) is 4.84. The van der Waals surface area contributed by atoms with E-state index in [9.17, 15) is 0 Å². The van der Waals surface area contributed by atoms with Crippen molar-refractivity contribution in [2.75, 3.05) is 13.1 Å². The van der Waals surface area contributed by atoms with Gasteiger partial charge >= 0.3 is 0 Å². The highest BCUT2D eigenvalue weighted by atomic mass is 15.4. The molecule has 0 aromatic carbocycles.